The first-order valence-corrected chi connectivity index (χ1v) is 6.04. The number of rotatable bonds is 4. The largest absolute Gasteiger partial charge is 0.381 e. The van der Waals surface area contributed by atoms with Crippen LogP contribution < -0.4 is 5.32 Å². The summed E-state index contributed by atoms with van der Waals surface area (Å²) >= 11 is 1.76. The van der Waals surface area contributed by atoms with Gasteiger partial charge in [0.2, 0.25) is 0 Å². The van der Waals surface area contributed by atoms with Gasteiger partial charge in [0.05, 0.1) is 0 Å². The molecule has 2 rings (SSSR count). The third kappa shape index (κ3) is 2.05. The topological polar surface area (TPSA) is 12.0 Å². The molecule has 1 aromatic rings. The van der Waals surface area contributed by atoms with Crippen LogP contribution in [0.2, 0.25) is 0 Å². The minimum Gasteiger partial charge on any atom is -0.381 e. The Kier molecular flexibility index (Phi) is 2.58. The van der Waals surface area contributed by atoms with Crippen molar-refractivity contribution in [3.63, 3.8) is 0 Å². The van der Waals surface area contributed by atoms with Gasteiger partial charge in [-0.1, -0.05) is 13.8 Å². The Bertz CT molecular complexity index is 255. The molecular formula is C11H17NS. The molecule has 1 fully saturated rings. The lowest BCUT2D eigenvalue weighted by Gasteiger charge is -2.16. The van der Waals surface area contributed by atoms with Gasteiger partial charge in [-0.3, -0.25) is 0 Å². The van der Waals surface area contributed by atoms with Crippen molar-refractivity contribution in [2.75, 3.05) is 5.32 Å². The molecule has 1 heterocycles. The summed E-state index contributed by atoms with van der Waals surface area (Å²) in [5.41, 5.74) is 1.30. The number of nitrogens with one attached hydrogen (secondary N) is 1. The van der Waals surface area contributed by atoms with Crippen molar-refractivity contribution in [3.8, 4) is 0 Å². The first kappa shape index (κ1) is 9.07. The first-order valence-electron chi connectivity index (χ1n) is 5.10. The first-order chi connectivity index (χ1) is 6.31. The highest BCUT2D eigenvalue weighted by molar-refractivity contribution is 7.08. The lowest BCUT2D eigenvalue weighted by atomic mass is 10.1. The fourth-order valence-corrected chi connectivity index (χ4v) is 2.58. The lowest BCUT2D eigenvalue weighted by molar-refractivity contribution is 0.583. The highest BCUT2D eigenvalue weighted by Crippen LogP contribution is 2.42. The van der Waals surface area contributed by atoms with Gasteiger partial charge in [0.1, 0.15) is 0 Å². The summed E-state index contributed by atoms with van der Waals surface area (Å²) in [6, 6.07) is 2.87. The Hall–Kier alpha value is -0.500. The van der Waals surface area contributed by atoms with Gasteiger partial charge in [-0.15, -0.1) is 0 Å². The molecule has 0 aromatic carbocycles. The van der Waals surface area contributed by atoms with Gasteiger partial charge in [-0.2, -0.15) is 11.3 Å². The maximum atomic E-state index is 3.61. The molecule has 13 heavy (non-hydrogen) atoms. The molecule has 1 N–H and O–H groups in total. The number of hydrogen-bond acceptors (Lipinski definition) is 2. The molecule has 0 spiro atoms. The second kappa shape index (κ2) is 3.70. The zero-order valence-corrected chi connectivity index (χ0v) is 9.10. The van der Waals surface area contributed by atoms with Gasteiger partial charge in [0.25, 0.3) is 0 Å². The van der Waals surface area contributed by atoms with Crippen LogP contribution in [0.3, 0.4) is 0 Å². The fraction of sp³-hybridized carbons (Fsp3) is 0.636. The number of thiophene rings is 1. The van der Waals surface area contributed by atoms with E-state index in [4.69, 9.17) is 0 Å². The van der Waals surface area contributed by atoms with Crippen molar-refractivity contribution in [1.29, 1.82) is 0 Å². The number of anilines is 1. The van der Waals surface area contributed by atoms with E-state index < -0.39 is 0 Å². The molecule has 0 saturated heterocycles. The van der Waals surface area contributed by atoms with Gasteiger partial charge >= 0.3 is 0 Å². The van der Waals surface area contributed by atoms with Crippen LogP contribution in [0.4, 0.5) is 5.69 Å². The van der Waals surface area contributed by atoms with Crippen molar-refractivity contribution in [2.24, 2.45) is 11.8 Å². The van der Waals surface area contributed by atoms with E-state index in [0.29, 0.717) is 6.04 Å². The maximum Gasteiger partial charge on any atom is 0.0451 e. The number of hydrogen-bond donors (Lipinski definition) is 1. The molecule has 1 aliphatic carbocycles. The molecule has 1 saturated carbocycles. The van der Waals surface area contributed by atoms with Crippen LogP contribution >= 0.6 is 11.3 Å². The molecule has 1 aliphatic rings. The Morgan fingerprint density at radius 1 is 1.69 bits per heavy atom. The third-order valence-corrected chi connectivity index (χ3v) is 3.68. The second-order valence-electron chi connectivity index (χ2n) is 4.05. The molecule has 3 unspecified atom stereocenters. The zero-order chi connectivity index (χ0) is 9.26. The highest BCUT2D eigenvalue weighted by atomic mass is 32.1. The van der Waals surface area contributed by atoms with E-state index in [2.05, 4.69) is 36.0 Å². The summed E-state index contributed by atoms with van der Waals surface area (Å²) in [5.74, 6) is 1.86. The summed E-state index contributed by atoms with van der Waals surface area (Å²) in [5, 5.41) is 7.93. The molecule has 0 bridgehead atoms. The third-order valence-electron chi connectivity index (χ3n) is 3.00. The predicted octanol–water partition coefficient (Wildman–Crippen LogP) is 3.59. The van der Waals surface area contributed by atoms with Crippen LogP contribution in [0.25, 0.3) is 0 Å². The minimum atomic E-state index is 0.699. The molecule has 2 heteroatoms. The van der Waals surface area contributed by atoms with Crippen LogP contribution in [-0.2, 0) is 0 Å². The van der Waals surface area contributed by atoms with Crippen LogP contribution in [-0.4, -0.2) is 6.04 Å². The summed E-state index contributed by atoms with van der Waals surface area (Å²) in [6.45, 7) is 4.62. The van der Waals surface area contributed by atoms with E-state index in [1.807, 2.05) is 0 Å². The maximum absolute atomic E-state index is 3.61. The zero-order valence-electron chi connectivity index (χ0n) is 8.29. The van der Waals surface area contributed by atoms with E-state index in [-0.39, 0.29) is 0 Å². The van der Waals surface area contributed by atoms with E-state index in [1.54, 1.807) is 11.3 Å². The van der Waals surface area contributed by atoms with Crippen molar-refractivity contribution in [2.45, 2.75) is 32.7 Å². The quantitative estimate of drug-likeness (QED) is 0.774. The van der Waals surface area contributed by atoms with Crippen LogP contribution in [0.5, 0.6) is 0 Å². The van der Waals surface area contributed by atoms with Crippen LogP contribution in [0, 0.1) is 11.8 Å². The van der Waals surface area contributed by atoms with Gasteiger partial charge in [0.15, 0.2) is 0 Å². The molecule has 0 aliphatic heterocycles. The van der Waals surface area contributed by atoms with E-state index in [0.717, 1.165) is 11.8 Å². The monoisotopic (exact) mass is 195 g/mol. The molecule has 0 amide bonds. The minimum absolute atomic E-state index is 0.699. The fourth-order valence-electron chi connectivity index (χ4n) is 1.98. The Labute approximate surface area is 84.2 Å². The summed E-state index contributed by atoms with van der Waals surface area (Å²) < 4.78 is 0. The smallest absolute Gasteiger partial charge is 0.0451 e. The van der Waals surface area contributed by atoms with Gasteiger partial charge in [-0.25, -0.2) is 0 Å². The van der Waals surface area contributed by atoms with Crippen molar-refractivity contribution in [3.05, 3.63) is 16.8 Å². The lowest BCUT2D eigenvalue weighted by Crippen LogP contribution is -2.21. The van der Waals surface area contributed by atoms with Crippen LogP contribution in [0.15, 0.2) is 16.8 Å². The summed E-state index contributed by atoms with van der Waals surface area (Å²) in [7, 11) is 0. The predicted molar refractivity (Wildman–Crippen MR) is 59.3 cm³/mol. The second-order valence-corrected chi connectivity index (χ2v) is 4.83. The highest BCUT2D eigenvalue weighted by Gasteiger charge is 2.38. The Balaban J connectivity index is 1.91. The molecule has 1 nitrogen and oxygen atoms in total. The normalized spacial score (nSPS) is 28.5. The van der Waals surface area contributed by atoms with Gasteiger partial charge in [-0.05, 0) is 36.1 Å². The van der Waals surface area contributed by atoms with Crippen molar-refractivity contribution >= 4 is 17.0 Å². The SMILES string of the molecule is CCC(Nc1ccsc1)C1CC1C. The Morgan fingerprint density at radius 2 is 2.46 bits per heavy atom. The average Bonchev–Trinajstić information content (AvgIpc) is 2.68. The Morgan fingerprint density at radius 3 is 2.92 bits per heavy atom. The van der Waals surface area contributed by atoms with E-state index in [9.17, 15) is 0 Å². The standard InChI is InChI=1S/C11H17NS/c1-3-11(10-6-8(10)2)12-9-4-5-13-7-9/h4-5,7-8,10-12H,3,6H2,1-2H3. The van der Waals surface area contributed by atoms with Gasteiger partial charge < -0.3 is 5.32 Å². The molecule has 1 aromatic heterocycles. The molecule has 72 valence electrons. The summed E-state index contributed by atoms with van der Waals surface area (Å²) in [6.07, 6.45) is 2.65. The van der Waals surface area contributed by atoms with Crippen LogP contribution in [0.1, 0.15) is 26.7 Å². The summed E-state index contributed by atoms with van der Waals surface area (Å²) in [4.78, 5) is 0. The average molecular weight is 195 g/mol. The van der Waals surface area contributed by atoms with Crippen molar-refractivity contribution < 1.29 is 0 Å². The van der Waals surface area contributed by atoms with Gasteiger partial charge in [0, 0.05) is 17.1 Å². The molecule has 3 atom stereocenters. The van der Waals surface area contributed by atoms with E-state index >= 15 is 0 Å². The van der Waals surface area contributed by atoms with E-state index in [1.165, 1.54) is 18.5 Å². The molecule has 0 radical (unpaired) electrons. The molecular weight excluding hydrogens is 178 g/mol. The van der Waals surface area contributed by atoms with Crippen molar-refractivity contribution in [1.82, 2.24) is 0 Å².